The lowest BCUT2D eigenvalue weighted by atomic mass is 10.2. The second-order valence-electron chi connectivity index (χ2n) is 6.57. The van der Waals surface area contributed by atoms with Crippen molar-refractivity contribution >= 4 is 49.2 Å². The molecule has 0 bridgehead atoms. The number of thioether (sulfide) groups is 1. The first-order chi connectivity index (χ1) is 13.0. The largest absolute Gasteiger partial charge is 0.354 e. The number of hydrogen-bond donors (Lipinski definition) is 1. The van der Waals surface area contributed by atoms with Crippen molar-refractivity contribution in [1.82, 2.24) is 15.1 Å². The SMILES string of the molecule is CCCSCCCNC(=O)C(C)n1nc(C)c2sc3ccccc3c2c1=O. The minimum absolute atomic E-state index is 0.164. The van der Waals surface area contributed by atoms with Crippen LogP contribution >= 0.6 is 23.1 Å². The van der Waals surface area contributed by atoms with Crippen molar-refractivity contribution in [2.75, 3.05) is 18.1 Å². The summed E-state index contributed by atoms with van der Waals surface area (Å²) < 4.78 is 3.30. The second kappa shape index (κ2) is 8.89. The molecule has 1 atom stereocenters. The standard InChI is InChI=1S/C20H25N3O2S2/c1-4-11-26-12-7-10-21-19(24)14(3)23-20(25)17-15-8-5-6-9-16(15)27-18(17)13(2)22-23/h5-6,8-9,14H,4,7,10-12H2,1-3H3,(H,21,24). The van der Waals surface area contributed by atoms with Gasteiger partial charge in [0, 0.05) is 16.6 Å². The van der Waals surface area contributed by atoms with Gasteiger partial charge in [-0.25, -0.2) is 4.68 Å². The van der Waals surface area contributed by atoms with Crippen LogP contribution in [0.25, 0.3) is 20.2 Å². The van der Waals surface area contributed by atoms with Gasteiger partial charge in [0.15, 0.2) is 0 Å². The van der Waals surface area contributed by atoms with Crippen molar-refractivity contribution in [2.24, 2.45) is 0 Å². The van der Waals surface area contributed by atoms with Crippen LogP contribution in [0, 0.1) is 6.92 Å². The van der Waals surface area contributed by atoms with Crippen molar-refractivity contribution < 1.29 is 4.79 Å². The number of hydrogen-bond acceptors (Lipinski definition) is 5. The van der Waals surface area contributed by atoms with Crippen LogP contribution in [0.4, 0.5) is 0 Å². The lowest BCUT2D eigenvalue weighted by Gasteiger charge is -2.15. The summed E-state index contributed by atoms with van der Waals surface area (Å²) in [6.45, 7) is 6.41. The molecule has 2 heterocycles. The van der Waals surface area contributed by atoms with E-state index in [2.05, 4.69) is 17.3 Å². The molecule has 0 saturated carbocycles. The number of carbonyl (C=O) groups excluding carboxylic acids is 1. The number of aryl methyl sites for hydroxylation is 1. The molecule has 2 aromatic heterocycles. The second-order valence-corrected chi connectivity index (χ2v) is 8.85. The van der Waals surface area contributed by atoms with Gasteiger partial charge in [-0.3, -0.25) is 9.59 Å². The highest BCUT2D eigenvalue weighted by molar-refractivity contribution is 7.99. The fraction of sp³-hybridized carbons (Fsp3) is 0.450. The van der Waals surface area contributed by atoms with E-state index in [0.29, 0.717) is 11.9 Å². The molecule has 27 heavy (non-hydrogen) atoms. The van der Waals surface area contributed by atoms with E-state index in [-0.39, 0.29) is 11.5 Å². The van der Waals surface area contributed by atoms with Gasteiger partial charge in [0.05, 0.1) is 15.8 Å². The van der Waals surface area contributed by atoms with E-state index in [1.165, 1.54) is 11.1 Å². The number of nitrogens with one attached hydrogen (secondary N) is 1. The van der Waals surface area contributed by atoms with Gasteiger partial charge in [-0.05, 0) is 44.3 Å². The van der Waals surface area contributed by atoms with Gasteiger partial charge in [-0.2, -0.15) is 16.9 Å². The first-order valence-electron chi connectivity index (χ1n) is 9.30. The highest BCUT2D eigenvalue weighted by Crippen LogP contribution is 2.32. The zero-order valence-corrected chi connectivity index (χ0v) is 17.6. The molecule has 7 heteroatoms. The van der Waals surface area contributed by atoms with Gasteiger partial charge in [0.25, 0.3) is 5.56 Å². The average molecular weight is 404 g/mol. The smallest absolute Gasteiger partial charge is 0.276 e. The molecule has 0 fully saturated rings. The fourth-order valence-corrected chi connectivity index (χ4v) is 5.01. The summed E-state index contributed by atoms with van der Waals surface area (Å²) in [4.78, 5) is 25.6. The monoisotopic (exact) mass is 403 g/mol. The normalized spacial score (nSPS) is 12.6. The Hall–Kier alpha value is -1.86. The predicted molar refractivity (Wildman–Crippen MR) is 116 cm³/mol. The Bertz CT molecular complexity index is 1010. The van der Waals surface area contributed by atoms with Gasteiger partial charge in [0.1, 0.15) is 6.04 Å². The van der Waals surface area contributed by atoms with Crippen LogP contribution in [0.5, 0.6) is 0 Å². The van der Waals surface area contributed by atoms with Crippen LogP contribution in [0.1, 0.15) is 38.4 Å². The summed E-state index contributed by atoms with van der Waals surface area (Å²) >= 11 is 3.48. The molecule has 0 saturated heterocycles. The van der Waals surface area contributed by atoms with Crippen LogP contribution < -0.4 is 10.9 Å². The molecule has 3 rings (SSSR count). The van der Waals surface area contributed by atoms with Gasteiger partial charge in [0.2, 0.25) is 5.91 Å². The highest BCUT2D eigenvalue weighted by Gasteiger charge is 2.21. The zero-order chi connectivity index (χ0) is 19.4. The maximum Gasteiger partial charge on any atom is 0.276 e. The predicted octanol–water partition coefficient (Wildman–Crippen LogP) is 4.13. The number of thiophene rings is 1. The molecule has 1 amide bonds. The molecule has 3 aromatic rings. The molecule has 144 valence electrons. The molecule has 0 spiro atoms. The lowest BCUT2D eigenvalue weighted by molar-refractivity contribution is -0.124. The maximum absolute atomic E-state index is 13.1. The third kappa shape index (κ3) is 4.19. The molecular weight excluding hydrogens is 378 g/mol. The lowest BCUT2D eigenvalue weighted by Crippen LogP contribution is -2.37. The highest BCUT2D eigenvalue weighted by atomic mass is 32.2. The molecule has 1 aromatic carbocycles. The number of carbonyl (C=O) groups is 1. The number of benzene rings is 1. The molecule has 0 aliphatic heterocycles. The van der Waals surface area contributed by atoms with E-state index in [0.717, 1.165) is 38.4 Å². The Balaban J connectivity index is 1.81. The Morgan fingerprint density at radius 2 is 2.11 bits per heavy atom. The van der Waals surface area contributed by atoms with Crippen LogP contribution in [-0.4, -0.2) is 33.7 Å². The first kappa shape index (κ1) is 19.9. The number of rotatable bonds is 8. The van der Waals surface area contributed by atoms with Crippen LogP contribution in [0.2, 0.25) is 0 Å². The van der Waals surface area contributed by atoms with E-state index in [1.54, 1.807) is 18.3 Å². The van der Waals surface area contributed by atoms with Gasteiger partial charge in [-0.15, -0.1) is 11.3 Å². The minimum atomic E-state index is -0.637. The molecule has 0 radical (unpaired) electrons. The Morgan fingerprint density at radius 3 is 2.89 bits per heavy atom. The molecule has 1 N–H and O–H groups in total. The Morgan fingerprint density at radius 1 is 1.33 bits per heavy atom. The molecule has 1 unspecified atom stereocenters. The number of fused-ring (bicyclic) bond motifs is 3. The van der Waals surface area contributed by atoms with Crippen LogP contribution in [0.15, 0.2) is 29.1 Å². The van der Waals surface area contributed by atoms with Crippen molar-refractivity contribution in [3.8, 4) is 0 Å². The van der Waals surface area contributed by atoms with Gasteiger partial charge < -0.3 is 5.32 Å². The Kier molecular flexibility index (Phi) is 6.55. The number of aromatic nitrogens is 2. The molecule has 0 aliphatic carbocycles. The number of nitrogens with zero attached hydrogens (tertiary/aromatic N) is 2. The van der Waals surface area contributed by atoms with E-state index in [4.69, 9.17) is 0 Å². The third-order valence-electron chi connectivity index (χ3n) is 4.46. The maximum atomic E-state index is 13.1. The number of amides is 1. The Labute approximate surface area is 167 Å². The fourth-order valence-electron chi connectivity index (χ4n) is 3.03. The van der Waals surface area contributed by atoms with Gasteiger partial charge in [-0.1, -0.05) is 25.1 Å². The molecular formula is C20H25N3O2S2. The summed E-state index contributed by atoms with van der Waals surface area (Å²) in [7, 11) is 0. The summed E-state index contributed by atoms with van der Waals surface area (Å²) in [6.07, 6.45) is 2.10. The van der Waals surface area contributed by atoms with E-state index in [9.17, 15) is 9.59 Å². The summed E-state index contributed by atoms with van der Waals surface area (Å²) in [5.41, 5.74) is 0.579. The van der Waals surface area contributed by atoms with E-state index < -0.39 is 6.04 Å². The summed E-state index contributed by atoms with van der Waals surface area (Å²) in [6, 6.07) is 7.23. The summed E-state index contributed by atoms with van der Waals surface area (Å²) in [5, 5.41) is 8.97. The van der Waals surface area contributed by atoms with Crippen LogP contribution in [0.3, 0.4) is 0 Å². The molecule has 0 aliphatic rings. The summed E-state index contributed by atoms with van der Waals surface area (Å²) in [5.74, 6) is 2.02. The topological polar surface area (TPSA) is 64.0 Å². The van der Waals surface area contributed by atoms with E-state index >= 15 is 0 Å². The zero-order valence-electron chi connectivity index (χ0n) is 15.9. The van der Waals surface area contributed by atoms with Crippen molar-refractivity contribution in [2.45, 2.75) is 39.7 Å². The quantitative estimate of drug-likeness (QED) is 0.575. The van der Waals surface area contributed by atoms with Crippen LogP contribution in [-0.2, 0) is 4.79 Å². The van der Waals surface area contributed by atoms with E-state index in [1.807, 2.05) is 43.0 Å². The van der Waals surface area contributed by atoms with Gasteiger partial charge >= 0.3 is 0 Å². The molecule has 5 nitrogen and oxygen atoms in total. The van der Waals surface area contributed by atoms with Crippen molar-refractivity contribution in [1.29, 1.82) is 0 Å². The third-order valence-corrected chi connectivity index (χ3v) is 7.02. The first-order valence-corrected chi connectivity index (χ1v) is 11.3. The average Bonchev–Trinajstić information content (AvgIpc) is 3.07. The van der Waals surface area contributed by atoms with Crippen molar-refractivity contribution in [3.63, 3.8) is 0 Å². The van der Waals surface area contributed by atoms with Crippen molar-refractivity contribution in [3.05, 3.63) is 40.3 Å². The minimum Gasteiger partial charge on any atom is -0.354 e.